The SMILES string of the molecule is CCC1C(c2cccc3ccccc23)=NC(c2c(-n3c4cc5ccccc5cc4c4cc5ccccc5cc43)ccc3sc4ccccc4c23)=NC1c1ccc2c(c1)c1ccccc1n2-c1ccccc1. The number of fused-ring (bicyclic) bond motifs is 12. The molecule has 334 valence electrons. The molecule has 1 aliphatic rings. The van der Waals surface area contributed by atoms with Gasteiger partial charge in [-0.25, -0.2) is 4.99 Å². The molecule has 0 saturated carbocycles. The van der Waals surface area contributed by atoms with Crippen LogP contribution >= 0.6 is 11.3 Å². The third-order valence-corrected chi connectivity index (χ3v) is 16.4. The second-order valence-corrected chi connectivity index (χ2v) is 20.2. The molecule has 71 heavy (non-hydrogen) atoms. The number of amidine groups is 1. The highest BCUT2D eigenvalue weighted by atomic mass is 32.1. The van der Waals surface area contributed by atoms with Crippen molar-refractivity contribution in [1.29, 1.82) is 0 Å². The normalized spacial score (nSPS) is 15.3. The lowest BCUT2D eigenvalue weighted by Crippen LogP contribution is -2.28. The molecular formula is C66H44N4S. The van der Waals surface area contributed by atoms with E-state index in [4.69, 9.17) is 9.98 Å². The van der Waals surface area contributed by atoms with E-state index in [9.17, 15) is 0 Å². The second kappa shape index (κ2) is 15.7. The Kier molecular flexibility index (Phi) is 8.90. The summed E-state index contributed by atoms with van der Waals surface area (Å²) in [7, 11) is 0. The first-order valence-corrected chi connectivity index (χ1v) is 25.5. The van der Waals surface area contributed by atoms with Crippen LogP contribution in [0.2, 0.25) is 0 Å². The van der Waals surface area contributed by atoms with Gasteiger partial charge in [-0.05, 0) is 117 Å². The number of aromatic nitrogens is 2. The molecule has 0 fully saturated rings. The van der Waals surface area contributed by atoms with Gasteiger partial charge in [-0.3, -0.25) is 4.99 Å². The third kappa shape index (κ3) is 6.09. The van der Waals surface area contributed by atoms with Crippen LogP contribution in [0.3, 0.4) is 0 Å². The van der Waals surface area contributed by atoms with Gasteiger partial charge in [0.2, 0.25) is 0 Å². The Morgan fingerprint density at radius 3 is 1.76 bits per heavy atom. The van der Waals surface area contributed by atoms with Crippen LogP contribution in [0, 0.1) is 5.92 Å². The Balaban J connectivity index is 1.07. The van der Waals surface area contributed by atoms with Crippen LogP contribution in [-0.2, 0) is 0 Å². The van der Waals surface area contributed by atoms with Crippen molar-refractivity contribution in [2.45, 2.75) is 19.4 Å². The molecule has 2 unspecified atom stereocenters. The number of aliphatic imine (C=N–C) groups is 2. The fourth-order valence-electron chi connectivity index (χ4n) is 12.0. The maximum atomic E-state index is 6.06. The number of hydrogen-bond acceptors (Lipinski definition) is 3. The molecule has 14 aromatic rings. The maximum Gasteiger partial charge on any atom is 0.158 e. The number of hydrogen-bond donors (Lipinski definition) is 0. The van der Waals surface area contributed by atoms with Gasteiger partial charge in [0.1, 0.15) is 0 Å². The van der Waals surface area contributed by atoms with Gasteiger partial charge in [0.05, 0.1) is 45.1 Å². The number of nitrogens with zero attached hydrogens (tertiary/aromatic N) is 4. The van der Waals surface area contributed by atoms with Crippen molar-refractivity contribution in [3.63, 3.8) is 0 Å². The fourth-order valence-corrected chi connectivity index (χ4v) is 13.2. The molecule has 0 saturated heterocycles. The predicted octanol–water partition coefficient (Wildman–Crippen LogP) is 17.7. The zero-order chi connectivity index (χ0) is 46.7. The summed E-state index contributed by atoms with van der Waals surface area (Å²) in [5.74, 6) is 0.757. The molecule has 0 spiro atoms. The highest BCUT2D eigenvalue weighted by molar-refractivity contribution is 7.25. The summed E-state index contributed by atoms with van der Waals surface area (Å²) in [5, 5.41) is 14.6. The largest absolute Gasteiger partial charge is 0.309 e. The van der Waals surface area contributed by atoms with Gasteiger partial charge >= 0.3 is 0 Å². The van der Waals surface area contributed by atoms with Crippen molar-refractivity contribution in [1.82, 2.24) is 9.13 Å². The van der Waals surface area contributed by atoms with Crippen LogP contribution in [0.1, 0.15) is 36.1 Å². The van der Waals surface area contributed by atoms with E-state index in [0.29, 0.717) is 0 Å². The summed E-state index contributed by atoms with van der Waals surface area (Å²) in [6, 6.07) is 82.5. The molecule has 3 aromatic heterocycles. The third-order valence-electron chi connectivity index (χ3n) is 15.3. The van der Waals surface area contributed by atoms with Crippen LogP contribution in [0.4, 0.5) is 0 Å². The predicted molar refractivity (Wildman–Crippen MR) is 303 cm³/mol. The molecular weight excluding hydrogens is 881 g/mol. The summed E-state index contributed by atoms with van der Waals surface area (Å²) < 4.78 is 7.39. The number of benzene rings is 11. The van der Waals surface area contributed by atoms with Crippen molar-refractivity contribution in [3.05, 3.63) is 241 Å². The van der Waals surface area contributed by atoms with E-state index in [1.807, 2.05) is 11.3 Å². The highest BCUT2D eigenvalue weighted by Gasteiger charge is 2.35. The minimum Gasteiger partial charge on any atom is -0.309 e. The van der Waals surface area contributed by atoms with Crippen LogP contribution in [0.5, 0.6) is 0 Å². The lowest BCUT2D eigenvalue weighted by molar-refractivity contribution is 0.533. The topological polar surface area (TPSA) is 34.6 Å². The molecule has 15 rings (SSSR count). The Labute approximate surface area is 413 Å². The molecule has 5 heteroatoms. The molecule has 2 atom stereocenters. The van der Waals surface area contributed by atoms with Crippen LogP contribution in [0.15, 0.2) is 234 Å². The molecule has 4 nitrogen and oxygen atoms in total. The number of rotatable bonds is 6. The monoisotopic (exact) mass is 924 g/mol. The lowest BCUT2D eigenvalue weighted by Gasteiger charge is -2.31. The molecule has 0 bridgehead atoms. The lowest BCUT2D eigenvalue weighted by atomic mass is 9.81. The summed E-state index contributed by atoms with van der Waals surface area (Å²) in [4.78, 5) is 12.0. The molecule has 0 N–H and O–H groups in total. The van der Waals surface area contributed by atoms with Crippen molar-refractivity contribution in [3.8, 4) is 11.4 Å². The maximum absolute atomic E-state index is 6.06. The Morgan fingerprint density at radius 1 is 0.437 bits per heavy atom. The van der Waals surface area contributed by atoms with E-state index in [1.54, 1.807) is 0 Å². The van der Waals surface area contributed by atoms with Gasteiger partial charge in [-0.15, -0.1) is 11.3 Å². The molecule has 11 aromatic carbocycles. The zero-order valence-electron chi connectivity index (χ0n) is 38.9. The van der Waals surface area contributed by atoms with Crippen LogP contribution in [0.25, 0.3) is 107 Å². The smallest absolute Gasteiger partial charge is 0.158 e. The van der Waals surface area contributed by atoms with Gasteiger partial charge in [-0.2, -0.15) is 0 Å². The van der Waals surface area contributed by atoms with Gasteiger partial charge in [0.15, 0.2) is 5.84 Å². The Bertz CT molecular complexity index is 4490. The summed E-state index contributed by atoms with van der Waals surface area (Å²) in [6.45, 7) is 2.31. The van der Waals surface area contributed by atoms with E-state index in [0.717, 1.165) is 51.5 Å². The van der Waals surface area contributed by atoms with Gasteiger partial charge in [0, 0.05) is 58.9 Å². The minimum atomic E-state index is -0.233. The standard InChI is InChI=1S/C66H44N4S/c1-2-47-64(45-31-32-56-52(37-45)49-26-12-14-29-55(49)69(56)46-23-4-3-5-24-46)67-66(68-65(47)50-28-16-22-40-17-10-11-25-48(40)50)63-57(33-34-61-62(63)51-27-13-15-30-60(51)71-61)70-58-38-43-20-8-6-18-41(43)35-53(58)54-36-42-19-7-9-21-44(42)39-59(54)70/h3-39,47,64H,2H2,1H3. The first kappa shape index (κ1) is 40.3. The van der Waals surface area contributed by atoms with E-state index in [-0.39, 0.29) is 12.0 Å². The van der Waals surface area contributed by atoms with Crippen molar-refractivity contribution >= 4 is 119 Å². The summed E-state index contributed by atoms with van der Waals surface area (Å²) in [6.07, 6.45) is 0.860. The van der Waals surface area contributed by atoms with Crippen molar-refractivity contribution < 1.29 is 0 Å². The van der Waals surface area contributed by atoms with E-state index < -0.39 is 0 Å². The second-order valence-electron chi connectivity index (χ2n) is 19.1. The average Bonchev–Trinajstić information content (AvgIpc) is 4.08. The molecule has 4 heterocycles. The van der Waals surface area contributed by atoms with Gasteiger partial charge in [0.25, 0.3) is 0 Å². The van der Waals surface area contributed by atoms with Crippen molar-refractivity contribution in [2.75, 3.05) is 0 Å². The van der Waals surface area contributed by atoms with Crippen LogP contribution < -0.4 is 0 Å². The number of para-hydroxylation sites is 2. The van der Waals surface area contributed by atoms with E-state index in [1.165, 1.54) is 90.6 Å². The van der Waals surface area contributed by atoms with Crippen LogP contribution in [-0.4, -0.2) is 20.7 Å². The molecule has 1 aliphatic heterocycles. The summed E-state index contributed by atoms with van der Waals surface area (Å²) in [5.41, 5.74) is 11.4. The van der Waals surface area contributed by atoms with E-state index in [2.05, 4.69) is 241 Å². The summed E-state index contributed by atoms with van der Waals surface area (Å²) >= 11 is 1.85. The Morgan fingerprint density at radius 2 is 1.03 bits per heavy atom. The minimum absolute atomic E-state index is 0.00248. The fraction of sp³-hybridized carbons (Fsp3) is 0.0606. The quantitative estimate of drug-likeness (QED) is 0.159. The van der Waals surface area contributed by atoms with Gasteiger partial charge < -0.3 is 9.13 Å². The Hall–Kier alpha value is -8.64. The molecule has 0 aliphatic carbocycles. The highest BCUT2D eigenvalue weighted by Crippen LogP contribution is 2.46. The first-order chi connectivity index (χ1) is 35.2. The average molecular weight is 925 g/mol. The molecule has 0 amide bonds. The van der Waals surface area contributed by atoms with Gasteiger partial charge in [-0.1, -0.05) is 159 Å². The number of thiophene rings is 1. The van der Waals surface area contributed by atoms with Crippen molar-refractivity contribution in [2.24, 2.45) is 15.9 Å². The first-order valence-electron chi connectivity index (χ1n) is 24.7. The zero-order valence-corrected chi connectivity index (χ0v) is 39.7. The molecule has 0 radical (unpaired) electrons. The van der Waals surface area contributed by atoms with E-state index >= 15 is 0 Å².